The fourth-order valence-electron chi connectivity index (χ4n) is 1.75. The van der Waals surface area contributed by atoms with Gasteiger partial charge in [-0.15, -0.1) is 0 Å². The molecular weight excluding hydrogens is 292 g/mol. The van der Waals surface area contributed by atoms with E-state index in [0.29, 0.717) is 5.82 Å². The zero-order valence-electron chi connectivity index (χ0n) is 12.1. The second-order valence-electron chi connectivity index (χ2n) is 5.07. The van der Waals surface area contributed by atoms with Crippen molar-refractivity contribution in [3.8, 4) is 11.4 Å². The summed E-state index contributed by atoms with van der Waals surface area (Å²) < 4.78 is 28.7. The maximum absolute atomic E-state index is 11.8. The Morgan fingerprint density at radius 2 is 1.95 bits per heavy atom. The number of aromatic nitrogens is 4. The lowest BCUT2D eigenvalue weighted by Crippen LogP contribution is -2.50. The summed E-state index contributed by atoms with van der Waals surface area (Å²) in [7, 11) is -2.49. The van der Waals surface area contributed by atoms with Gasteiger partial charge in [0.05, 0.1) is 7.11 Å². The molecule has 0 saturated carbocycles. The minimum absolute atomic E-state index is 0.180. The highest BCUT2D eigenvalue weighted by Crippen LogP contribution is 2.18. The van der Waals surface area contributed by atoms with Crippen LogP contribution in [0.5, 0.6) is 0 Å². The average molecular weight is 309 g/mol. The lowest BCUT2D eigenvalue weighted by molar-refractivity contribution is -0.756. The van der Waals surface area contributed by atoms with Crippen molar-refractivity contribution in [3.05, 3.63) is 36.9 Å². The maximum Gasteiger partial charge on any atom is 0.278 e. The lowest BCUT2D eigenvalue weighted by Gasteiger charge is -2.18. The Hall–Kier alpha value is -1.93. The first-order valence-corrected chi connectivity index (χ1v) is 7.70. The van der Waals surface area contributed by atoms with Gasteiger partial charge in [-0.3, -0.25) is 4.18 Å². The van der Waals surface area contributed by atoms with E-state index in [4.69, 9.17) is 0 Å². The molecule has 2 aromatic heterocycles. The van der Waals surface area contributed by atoms with Gasteiger partial charge in [0.2, 0.25) is 0 Å². The van der Waals surface area contributed by atoms with Crippen molar-refractivity contribution < 1.29 is 17.3 Å². The SMILES string of the molecule is COS(=O)(=O)C(C)(C)C[n+]1ccc(-c2ncccn2)cn1. The van der Waals surface area contributed by atoms with Gasteiger partial charge in [-0.25, -0.2) is 9.97 Å². The molecule has 0 spiro atoms. The quantitative estimate of drug-likeness (QED) is 0.593. The van der Waals surface area contributed by atoms with Crippen LogP contribution in [0.4, 0.5) is 0 Å². The van der Waals surface area contributed by atoms with Crippen LogP contribution < -0.4 is 4.68 Å². The van der Waals surface area contributed by atoms with E-state index in [0.717, 1.165) is 12.7 Å². The monoisotopic (exact) mass is 309 g/mol. The molecule has 2 rings (SSSR count). The highest BCUT2D eigenvalue weighted by Gasteiger charge is 2.39. The van der Waals surface area contributed by atoms with E-state index in [9.17, 15) is 8.42 Å². The van der Waals surface area contributed by atoms with Gasteiger partial charge in [0.15, 0.2) is 23.3 Å². The highest BCUT2D eigenvalue weighted by molar-refractivity contribution is 7.88. The molecule has 0 amide bonds. The molecule has 2 heterocycles. The van der Waals surface area contributed by atoms with Crippen LogP contribution in [-0.2, 0) is 20.8 Å². The summed E-state index contributed by atoms with van der Waals surface area (Å²) in [5, 5.41) is 4.20. The van der Waals surface area contributed by atoms with Gasteiger partial charge >= 0.3 is 0 Å². The van der Waals surface area contributed by atoms with Gasteiger partial charge in [-0.05, 0) is 25.0 Å². The van der Waals surface area contributed by atoms with Crippen molar-refractivity contribution in [2.45, 2.75) is 25.1 Å². The van der Waals surface area contributed by atoms with Crippen LogP contribution in [0.2, 0.25) is 0 Å². The first-order valence-electron chi connectivity index (χ1n) is 6.29. The third-order valence-electron chi connectivity index (χ3n) is 3.03. The van der Waals surface area contributed by atoms with Crippen LogP contribution in [0, 0.1) is 0 Å². The van der Waals surface area contributed by atoms with E-state index in [2.05, 4.69) is 19.2 Å². The molecule has 21 heavy (non-hydrogen) atoms. The van der Waals surface area contributed by atoms with E-state index in [-0.39, 0.29) is 6.54 Å². The van der Waals surface area contributed by atoms with Gasteiger partial charge in [-0.1, -0.05) is 4.68 Å². The standard InChI is InChI=1S/C13H17N4O3S/c1-13(2,21(18,19)20-3)10-17-8-5-11(9-16-17)12-14-6-4-7-15-12/h4-9H,10H2,1-3H3/q+1. The largest absolute Gasteiger partial charge is 0.278 e. The molecule has 0 aromatic carbocycles. The summed E-state index contributed by atoms with van der Waals surface area (Å²) in [4.78, 5) is 8.26. The molecule has 0 aliphatic rings. The maximum atomic E-state index is 11.8. The van der Waals surface area contributed by atoms with Gasteiger partial charge in [0.25, 0.3) is 10.1 Å². The van der Waals surface area contributed by atoms with Crippen molar-refractivity contribution in [1.82, 2.24) is 15.1 Å². The third kappa shape index (κ3) is 3.40. The van der Waals surface area contributed by atoms with Crippen molar-refractivity contribution in [3.63, 3.8) is 0 Å². The van der Waals surface area contributed by atoms with E-state index in [1.165, 1.54) is 0 Å². The van der Waals surface area contributed by atoms with E-state index >= 15 is 0 Å². The Balaban J connectivity index is 2.21. The molecule has 0 aliphatic heterocycles. The highest BCUT2D eigenvalue weighted by atomic mass is 32.2. The first-order chi connectivity index (χ1) is 9.86. The number of nitrogens with zero attached hydrogens (tertiary/aromatic N) is 4. The van der Waals surface area contributed by atoms with Crippen LogP contribution in [0.15, 0.2) is 36.9 Å². The Morgan fingerprint density at radius 3 is 2.48 bits per heavy atom. The van der Waals surface area contributed by atoms with Crippen molar-refractivity contribution in [1.29, 1.82) is 0 Å². The molecule has 0 atom stereocenters. The zero-order chi connectivity index (χ0) is 15.5. The molecule has 0 N–H and O–H groups in total. The van der Waals surface area contributed by atoms with Crippen molar-refractivity contribution >= 4 is 10.1 Å². The van der Waals surface area contributed by atoms with E-state index < -0.39 is 14.9 Å². The average Bonchev–Trinajstić information content (AvgIpc) is 2.48. The first kappa shape index (κ1) is 15.5. The summed E-state index contributed by atoms with van der Waals surface area (Å²) in [6.07, 6.45) is 6.60. The minimum Gasteiger partial charge on any atom is -0.273 e. The van der Waals surface area contributed by atoms with Gasteiger partial charge in [0.1, 0.15) is 6.20 Å². The van der Waals surface area contributed by atoms with Crippen molar-refractivity contribution in [2.75, 3.05) is 7.11 Å². The number of hydrogen-bond acceptors (Lipinski definition) is 6. The fraction of sp³-hybridized carbons (Fsp3) is 0.385. The summed E-state index contributed by atoms with van der Waals surface area (Å²) in [5.41, 5.74) is 0.763. The molecule has 0 radical (unpaired) electrons. The van der Waals surface area contributed by atoms with Crippen LogP contribution in [0.25, 0.3) is 11.4 Å². The molecule has 0 fully saturated rings. The van der Waals surface area contributed by atoms with Crippen LogP contribution in [0.1, 0.15) is 13.8 Å². The normalized spacial score (nSPS) is 12.3. The minimum atomic E-state index is -3.64. The predicted octanol–water partition coefficient (Wildman–Crippen LogP) is 0.581. The Labute approximate surface area is 123 Å². The molecule has 0 aliphatic carbocycles. The Morgan fingerprint density at radius 1 is 1.29 bits per heavy atom. The molecule has 8 heteroatoms. The molecule has 0 unspecified atom stereocenters. The molecule has 0 bridgehead atoms. The number of rotatable bonds is 5. The van der Waals surface area contributed by atoms with Crippen LogP contribution in [-0.4, -0.2) is 35.3 Å². The summed E-state index contributed by atoms with van der Waals surface area (Å²) >= 11 is 0. The predicted molar refractivity (Wildman–Crippen MR) is 75.5 cm³/mol. The molecule has 7 nitrogen and oxygen atoms in total. The van der Waals surface area contributed by atoms with E-state index in [1.54, 1.807) is 55.4 Å². The number of hydrogen-bond donors (Lipinski definition) is 0. The smallest absolute Gasteiger partial charge is 0.273 e. The van der Waals surface area contributed by atoms with E-state index in [1.807, 2.05) is 0 Å². The molecule has 0 saturated heterocycles. The van der Waals surface area contributed by atoms with Crippen LogP contribution in [0.3, 0.4) is 0 Å². The second kappa shape index (κ2) is 5.82. The molecular formula is C13H17N4O3S+. The second-order valence-corrected chi connectivity index (χ2v) is 7.41. The topological polar surface area (TPSA) is 85.9 Å². The fourth-order valence-corrected chi connectivity index (χ4v) is 2.49. The van der Waals surface area contributed by atoms with Crippen LogP contribution >= 0.6 is 0 Å². The Bertz CT molecular complexity index is 700. The summed E-state index contributed by atoms with van der Waals surface area (Å²) in [5.74, 6) is 0.570. The lowest BCUT2D eigenvalue weighted by atomic mass is 10.2. The van der Waals surface area contributed by atoms with Gasteiger partial charge in [-0.2, -0.15) is 8.42 Å². The Kier molecular flexibility index (Phi) is 4.29. The summed E-state index contributed by atoms with van der Waals surface area (Å²) in [6, 6.07) is 3.52. The molecule has 2 aromatic rings. The summed E-state index contributed by atoms with van der Waals surface area (Å²) in [6.45, 7) is 3.36. The third-order valence-corrected chi connectivity index (χ3v) is 4.96. The van der Waals surface area contributed by atoms with Gasteiger partial charge < -0.3 is 0 Å². The van der Waals surface area contributed by atoms with Gasteiger partial charge in [0, 0.05) is 24.0 Å². The zero-order valence-corrected chi connectivity index (χ0v) is 12.9. The molecule has 112 valence electrons. The van der Waals surface area contributed by atoms with Crippen molar-refractivity contribution in [2.24, 2.45) is 0 Å².